The number of nitrogen functional groups attached to an aromatic ring is 1. The molecule has 5 amide bonds. The molecule has 0 saturated carbocycles. The smallest absolute Gasteiger partial charge is 0.262 e. The first-order valence-corrected chi connectivity index (χ1v) is 21.7. The molecule has 2 bridgehead atoms. The molecule has 6 aliphatic heterocycles. The number of aromatic hydroxyl groups is 1. The topological polar surface area (TPSA) is 189 Å². The molecule has 16 heteroatoms. The number of carbonyl (C=O) groups is 5. The van der Waals surface area contributed by atoms with E-state index in [9.17, 15) is 29.1 Å². The summed E-state index contributed by atoms with van der Waals surface area (Å²) in [5.41, 5.74) is 12.3. The van der Waals surface area contributed by atoms with Crippen molar-refractivity contribution in [3.8, 4) is 17.0 Å². The first-order valence-electron chi connectivity index (χ1n) is 21.7. The predicted molar refractivity (Wildman–Crippen MR) is 231 cm³/mol. The monoisotopic (exact) mass is 838 g/mol. The van der Waals surface area contributed by atoms with Crippen LogP contribution >= 0.6 is 0 Å². The number of nitrogens with two attached hydrogens (primary N) is 1. The predicted octanol–water partition coefficient (Wildman–Crippen LogP) is 3.25. The number of piperidine rings is 2. The molecular weight excluding hydrogens is 789 g/mol. The highest BCUT2D eigenvalue weighted by atomic mass is 16.3. The second-order valence-corrected chi connectivity index (χ2v) is 17.4. The summed E-state index contributed by atoms with van der Waals surface area (Å²) in [5, 5.41) is 21.2. The zero-order valence-electron chi connectivity index (χ0n) is 34.5. The number of imide groups is 2. The zero-order chi connectivity index (χ0) is 42.6. The van der Waals surface area contributed by atoms with Crippen molar-refractivity contribution < 1.29 is 29.1 Å². The van der Waals surface area contributed by atoms with Crippen LogP contribution in [0.25, 0.3) is 11.3 Å². The number of benzene rings is 3. The van der Waals surface area contributed by atoms with Gasteiger partial charge in [0.05, 0.1) is 22.5 Å². The number of para-hydroxylation sites is 1. The Morgan fingerprint density at radius 2 is 1.47 bits per heavy atom. The number of phenols is 1. The summed E-state index contributed by atoms with van der Waals surface area (Å²) in [6.45, 7) is 6.74. The summed E-state index contributed by atoms with van der Waals surface area (Å²) >= 11 is 0. The van der Waals surface area contributed by atoms with E-state index < -0.39 is 29.7 Å². The molecule has 1 aromatic heterocycles. The summed E-state index contributed by atoms with van der Waals surface area (Å²) in [6, 6.07) is 22.8. The average molecular weight is 839 g/mol. The number of aromatic nitrogens is 2. The highest BCUT2D eigenvalue weighted by Gasteiger charge is 2.45. The lowest BCUT2D eigenvalue weighted by Gasteiger charge is -2.43. The number of hydrogen-bond donors (Lipinski definition) is 3. The van der Waals surface area contributed by atoms with E-state index in [2.05, 4.69) is 59.4 Å². The number of phenolic OH excluding ortho intramolecular Hbond substituents is 1. The van der Waals surface area contributed by atoms with Gasteiger partial charge in [0, 0.05) is 100 Å². The van der Waals surface area contributed by atoms with Crippen molar-refractivity contribution in [2.24, 2.45) is 5.92 Å². The Morgan fingerprint density at radius 1 is 0.726 bits per heavy atom. The molecule has 5 saturated heterocycles. The number of nitrogens with one attached hydrogen (secondary N) is 1. The van der Waals surface area contributed by atoms with E-state index in [0.29, 0.717) is 68.2 Å². The molecule has 16 nitrogen and oxygen atoms in total. The van der Waals surface area contributed by atoms with Crippen LogP contribution in [-0.4, -0.2) is 130 Å². The molecule has 7 heterocycles. The van der Waals surface area contributed by atoms with Gasteiger partial charge in [0.15, 0.2) is 5.82 Å². The van der Waals surface area contributed by atoms with Crippen molar-refractivity contribution in [1.29, 1.82) is 0 Å². The average Bonchev–Trinajstić information content (AvgIpc) is 3.70. The van der Waals surface area contributed by atoms with Crippen molar-refractivity contribution in [1.82, 2.24) is 30.2 Å². The Bertz CT molecular complexity index is 2450. The Balaban J connectivity index is 0.713. The van der Waals surface area contributed by atoms with Crippen LogP contribution in [0.1, 0.15) is 64.8 Å². The van der Waals surface area contributed by atoms with E-state index in [1.54, 1.807) is 24.3 Å². The van der Waals surface area contributed by atoms with Gasteiger partial charge in [-0.2, -0.15) is 0 Å². The molecule has 320 valence electrons. The minimum Gasteiger partial charge on any atom is -0.507 e. The Labute approximate surface area is 359 Å². The van der Waals surface area contributed by atoms with Gasteiger partial charge in [-0.05, 0) is 86.2 Å². The summed E-state index contributed by atoms with van der Waals surface area (Å²) < 4.78 is 0. The van der Waals surface area contributed by atoms with Crippen LogP contribution in [0.2, 0.25) is 0 Å². The lowest BCUT2D eigenvalue weighted by molar-refractivity contribution is -0.138. The second-order valence-electron chi connectivity index (χ2n) is 17.4. The first-order chi connectivity index (χ1) is 30.1. The molecule has 0 spiro atoms. The van der Waals surface area contributed by atoms with Gasteiger partial charge >= 0.3 is 0 Å². The van der Waals surface area contributed by atoms with Crippen molar-refractivity contribution in [2.45, 2.75) is 63.2 Å². The quantitative estimate of drug-likeness (QED) is 0.220. The maximum Gasteiger partial charge on any atom is 0.262 e. The third kappa shape index (κ3) is 7.25. The number of nitrogens with zero attached hydrogens (tertiary/aromatic N) is 8. The molecular formula is C46H50N10O6. The van der Waals surface area contributed by atoms with E-state index >= 15 is 0 Å². The second kappa shape index (κ2) is 16.0. The molecule has 0 aliphatic carbocycles. The Hall–Kier alpha value is -6.55. The zero-order valence-corrected chi connectivity index (χ0v) is 34.5. The minimum atomic E-state index is -1.00. The Morgan fingerprint density at radius 3 is 2.21 bits per heavy atom. The highest BCUT2D eigenvalue weighted by molar-refractivity contribution is 6.23. The number of carbonyl (C=O) groups excluding carboxylic acids is 5. The number of rotatable bonds is 8. The molecule has 4 aromatic rings. The van der Waals surface area contributed by atoms with Gasteiger partial charge in [-0.1, -0.05) is 24.3 Å². The van der Waals surface area contributed by atoms with Gasteiger partial charge in [0.25, 0.3) is 11.8 Å². The summed E-state index contributed by atoms with van der Waals surface area (Å²) in [5.74, 6) is -1.39. The van der Waals surface area contributed by atoms with Crippen LogP contribution < -0.4 is 25.8 Å². The number of fused-ring (bicyclic) bond motifs is 3. The number of anilines is 4. The summed E-state index contributed by atoms with van der Waals surface area (Å²) in [7, 11) is 0. The van der Waals surface area contributed by atoms with Gasteiger partial charge in [-0.3, -0.25) is 39.1 Å². The molecule has 4 N–H and O–H groups in total. The standard InChI is InChI=1S/C46H50N10O6/c47-42-39(24-37(49-50-42)35-6-1-2-7-40(35)57)54-26-32-8-9-33(27-54)55(32)31-5-3-4-28(22-31)25-51-18-20-53(21-19-51)44(60)29-14-16-52(17-15-29)30-10-11-34-36(23-30)46(62)56(45(34)61)38-12-13-41(58)48-43(38)59/h1-7,10-11,22-24,29,32-33,38,57H,8-9,12-21,25-27H2,(H2,47,50)(H,48,58,59). The third-order valence-electron chi connectivity index (χ3n) is 13.7. The van der Waals surface area contributed by atoms with E-state index in [1.165, 1.54) is 11.3 Å². The van der Waals surface area contributed by atoms with Crippen LogP contribution in [0.5, 0.6) is 5.75 Å². The van der Waals surface area contributed by atoms with Gasteiger partial charge in [0.1, 0.15) is 11.8 Å². The van der Waals surface area contributed by atoms with Crippen LogP contribution in [0.4, 0.5) is 22.9 Å². The van der Waals surface area contributed by atoms with Gasteiger partial charge < -0.3 is 30.4 Å². The number of amides is 5. The molecule has 10 rings (SSSR count). The van der Waals surface area contributed by atoms with Crippen molar-refractivity contribution in [3.63, 3.8) is 0 Å². The number of piperazine rings is 2. The SMILES string of the molecule is Nc1nnc(-c2ccccc2O)cc1N1CC2CCC(C1)N2c1cccc(CN2CCN(C(=O)C3CCN(c4ccc5c(c4)C(=O)N(C4CCC(=O)NC4=O)C5=O)CC3)CC2)c1. The van der Waals surface area contributed by atoms with Crippen LogP contribution in [0, 0.1) is 5.92 Å². The van der Waals surface area contributed by atoms with Crippen molar-refractivity contribution in [2.75, 3.05) is 72.8 Å². The Kier molecular flexibility index (Phi) is 10.2. The fraction of sp³-hybridized carbons (Fsp3) is 0.413. The fourth-order valence-electron chi connectivity index (χ4n) is 10.5. The fourth-order valence-corrected chi connectivity index (χ4v) is 10.5. The van der Waals surface area contributed by atoms with E-state index in [-0.39, 0.29) is 41.5 Å². The highest BCUT2D eigenvalue weighted by Crippen LogP contribution is 2.40. The van der Waals surface area contributed by atoms with Crippen molar-refractivity contribution in [3.05, 3.63) is 89.5 Å². The van der Waals surface area contributed by atoms with E-state index in [0.717, 1.165) is 61.8 Å². The van der Waals surface area contributed by atoms with E-state index in [4.69, 9.17) is 5.73 Å². The molecule has 3 atom stereocenters. The molecule has 3 aromatic carbocycles. The van der Waals surface area contributed by atoms with Gasteiger partial charge in [-0.25, -0.2) is 0 Å². The van der Waals surface area contributed by atoms with Crippen LogP contribution in [-0.2, 0) is 20.9 Å². The molecule has 3 unspecified atom stereocenters. The van der Waals surface area contributed by atoms with Crippen LogP contribution in [0.15, 0.2) is 72.8 Å². The van der Waals surface area contributed by atoms with Crippen LogP contribution in [0.3, 0.4) is 0 Å². The molecule has 62 heavy (non-hydrogen) atoms. The van der Waals surface area contributed by atoms with Crippen molar-refractivity contribution >= 4 is 52.4 Å². The van der Waals surface area contributed by atoms with Gasteiger partial charge in [-0.15, -0.1) is 10.2 Å². The lowest BCUT2D eigenvalue weighted by atomic mass is 9.94. The summed E-state index contributed by atoms with van der Waals surface area (Å²) in [6.07, 6.45) is 3.76. The lowest BCUT2D eigenvalue weighted by Crippen LogP contribution is -2.54. The third-order valence-corrected chi connectivity index (χ3v) is 13.7. The van der Waals surface area contributed by atoms with Gasteiger partial charge in [0.2, 0.25) is 17.7 Å². The normalized spacial score (nSPS) is 23.3. The molecule has 5 fully saturated rings. The molecule has 0 radical (unpaired) electrons. The minimum absolute atomic E-state index is 0.0726. The summed E-state index contributed by atoms with van der Waals surface area (Å²) in [4.78, 5) is 76.9. The number of hydrogen-bond acceptors (Lipinski definition) is 13. The van der Waals surface area contributed by atoms with E-state index in [1.807, 2.05) is 29.2 Å². The largest absolute Gasteiger partial charge is 0.507 e. The maximum absolute atomic E-state index is 13.8. The first kappa shape index (κ1) is 39.6. The molecule has 6 aliphatic rings. The maximum atomic E-state index is 13.8.